The van der Waals surface area contributed by atoms with E-state index >= 15 is 0 Å². The highest BCUT2D eigenvalue weighted by Gasteiger charge is 2.24. The molecule has 3 rings (SSSR count). The summed E-state index contributed by atoms with van der Waals surface area (Å²) >= 11 is 3.34. The number of nitrogens with zero attached hydrogens (tertiary/aromatic N) is 2. The molecule has 0 saturated carbocycles. The van der Waals surface area contributed by atoms with Crippen molar-refractivity contribution in [1.82, 2.24) is 4.98 Å². The Bertz CT molecular complexity index is 672. The second-order valence-corrected chi connectivity index (χ2v) is 5.71. The smallest absolute Gasteiger partial charge is 0.259 e. The molecule has 5 heteroatoms. The van der Waals surface area contributed by atoms with Crippen LogP contribution in [0.4, 0.5) is 11.4 Å². The fourth-order valence-electron chi connectivity index (χ4n) is 2.55. The van der Waals surface area contributed by atoms with Gasteiger partial charge in [-0.1, -0.05) is 6.07 Å². The maximum Gasteiger partial charge on any atom is 0.259 e. The third kappa shape index (κ3) is 2.29. The number of hydrogen-bond acceptors (Lipinski definition) is 3. The molecule has 1 aromatic heterocycles. The highest BCUT2D eigenvalue weighted by Crippen LogP contribution is 2.32. The zero-order chi connectivity index (χ0) is 14.1. The van der Waals surface area contributed by atoms with Crippen molar-refractivity contribution >= 4 is 33.2 Å². The lowest BCUT2D eigenvalue weighted by atomic mass is 9.99. The first-order valence-corrected chi connectivity index (χ1v) is 7.26. The number of nitrogen functional groups attached to an aromatic ring is 1. The van der Waals surface area contributed by atoms with Crippen molar-refractivity contribution < 1.29 is 4.79 Å². The predicted molar refractivity (Wildman–Crippen MR) is 82.8 cm³/mol. The molecule has 2 N–H and O–H groups in total. The van der Waals surface area contributed by atoms with Crippen LogP contribution < -0.4 is 10.6 Å². The minimum atomic E-state index is -0.0367. The molecule has 0 fully saturated rings. The van der Waals surface area contributed by atoms with Gasteiger partial charge in [-0.3, -0.25) is 9.78 Å². The van der Waals surface area contributed by atoms with E-state index in [2.05, 4.69) is 20.9 Å². The minimum Gasteiger partial charge on any atom is -0.398 e. The molecule has 0 aliphatic carbocycles. The quantitative estimate of drug-likeness (QED) is 0.817. The SMILES string of the molecule is Nc1cccc2c1CCCN2C(=O)c1cncc(Br)c1. The number of carbonyl (C=O) groups excluding carboxylic acids is 1. The van der Waals surface area contributed by atoms with Gasteiger partial charge in [0.1, 0.15) is 0 Å². The predicted octanol–water partition coefficient (Wildman–Crippen LogP) is 3.02. The summed E-state index contributed by atoms with van der Waals surface area (Å²) in [4.78, 5) is 18.5. The Balaban J connectivity index is 2.01. The van der Waals surface area contributed by atoms with Gasteiger partial charge in [-0.25, -0.2) is 0 Å². The highest BCUT2D eigenvalue weighted by atomic mass is 79.9. The Morgan fingerprint density at radius 3 is 3.00 bits per heavy atom. The van der Waals surface area contributed by atoms with Crippen LogP contribution in [0.15, 0.2) is 41.1 Å². The summed E-state index contributed by atoms with van der Waals surface area (Å²) in [6, 6.07) is 7.51. The first-order valence-electron chi connectivity index (χ1n) is 6.46. The van der Waals surface area contributed by atoms with Gasteiger partial charge in [-0.05, 0) is 52.5 Å². The summed E-state index contributed by atoms with van der Waals surface area (Å²) in [5, 5.41) is 0. The number of carbonyl (C=O) groups is 1. The fraction of sp³-hybridized carbons (Fsp3) is 0.200. The van der Waals surface area contributed by atoms with E-state index in [1.54, 1.807) is 23.4 Å². The molecule has 0 atom stereocenters. The summed E-state index contributed by atoms with van der Waals surface area (Å²) < 4.78 is 0.799. The molecule has 1 aromatic carbocycles. The van der Waals surface area contributed by atoms with Gasteiger partial charge in [0, 0.05) is 34.8 Å². The van der Waals surface area contributed by atoms with Gasteiger partial charge in [0.2, 0.25) is 0 Å². The van der Waals surface area contributed by atoms with Gasteiger partial charge in [-0.15, -0.1) is 0 Å². The fourth-order valence-corrected chi connectivity index (χ4v) is 2.91. The van der Waals surface area contributed by atoms with Gasteiger partial charge < -0.3 is 10.6 Å². The molecule has 20 heavy (non-hydrogen) atoms. The van der Waals surface area contributed by atoms with Crippen molar-refractivity contribution in [2.45, 2.75) is 12.8 Å². The van der Waals surface area contributed by atoms with Gasteiger partial charge in [0.05, 0.1) is 5.56 Å². The van der Waals surface area contributed by atoms with Gasteiger partial charge >= 0.3 is 0 Å². The topological polar surface area (TPSA) is 59.2 Å². The monoisotopic (exact) mass is 331 g/mol. The van der Waals surface area contributed by atoms with Crippen LogP contribution in [0.1, 0.15) is 22.3 Å². The number of halogens is 1. The van der Waals surface area contributed by atoms with Gasteiger partial charge in [0.25, 0.3) is 5.91 Å². The lowest BCUT2D eigenvalue weighted by molar-refractivity contribution is 0.0984. The molecule has 2 aromatic rings. The molecule has 2 heterocycles. The van der Waals surface area contributed by atoms with Crippen LogP contribution >= 0.6 is 15.9 Å². The average molecular weight is 332 g/mol. The molecular weight excluding hydrogens is 318 g/mol. The summed E-state index contributed by atoms with van der Waals surface area (Å²) in [5.74, 6) is -0.0367. The van der Waals surface area contributed by atoms with Crippen LogP contribution in [-0.2, 0) is 6.42 Å². The molecule has 102 valence electrons. The highest BCUT2D eigenvalue weighted by molar-refractivity contribution is 9.10. The standard InChI is InChI=1S/C15H14BrN3O/c16-11-7-10(8-18-9-11)15(20)19-6-2-3-12-13(17)4-1-5-14(12)19/h1,4-5,7-9H,2-3,6,17H2. The third-order valence-electron chi connectivity index (χ3n) is 3.48. The van der Waals surface area contributed by atoms with E-state index in [-0.39, 0.29) is 5.91 Å². The zero-order valence-electron chi connectivity index (χ0n) is 10.8. The van der Waals surface area contributed by atoms with Crippen LogP contribution in [0.2, 0.25) is 0 Å². The number of fused-ring (bicyclic) bond motifs is 1. The number of anilines is 2. The number of rotatable bonds is 1. The molecule has 0 bridgehead atoms. The van der Waals surface area contributed by atoms with Crippen LogP contribution in [0.25, 0.3) is 0 Å². The molecule has 1 aliphatic rings. The number of hydrogen-bond donors (Lipinski definition) is 1. The number of aromatic nitrogens is 1. The van der Waals surface area contributed by atoms with Crippen LogP contribution in [0.5, 0.6) is 0 Å². The molecule has 4 nitrogen and oxygen atoms in total. The zero-order valence-corrected chi connectivity index (χ0v) is 12.4. The molecule has 1 aliphatic heterocycles. The molecule has 0 radical (unpaired) electrons. The van der Waals surface area contributed by atoms with Crippen molar-refractivity contribution in [2.75, 3.05) is 17.2 Å². The van der Waals surface area contributed by atoms with Crippen molar-refractivity contribution in [3.8, 4) is 0 Å². The minimum absolute atomic E-state index is 0.0367. The Hall–Kier alpha value is -1.88. The van der Waals surface area contributed by atoms with Crippen LogP contribution in [0.3, 0.4) is 0 Å². The lowest BCUT2D eigenvalue weighted by Crippen LogP contribution is -2.35. The van der Waals surface area contributed by atoms with E-state index in [1.807, 2.05) is 18.2 Å². The number of amides is 1. The van der Waals surface area contributed by atoms with Crippen LogP contribution in [-0.4, -0.2) is 17.4 Å². The average Bonchev–Trinajstić information content (AvgIpc) is 2.46. The second-order valence-electron chi connectivity index (χ2n) is 4.80. The Labute approximate surface area is 125 Å². The normalized spacial score (nSPS) is 13.9. The van der Waals surface area contributed by atoms with E-state index < -0.39 is 0 Å². The number of benzene rings is 1. The first kappa shape index (κ1) is 13.1. The van der Waals surface area contributed by atoms with Crippen molar-refractivity contribution in [3.63, 3.8) is 0 Å². The van der Waals surface area contributed by atoms with Gasteiger partial charge in [-0.2, -0.15) is 0 Å². The first-order chi connectivity index (χ1) is 9.66. The van der Waals surface area contributed by atoms with E-state index in [4.69, 9.17) is 5.73 Å². The number of nitrogens with two attached hydrogens (primary N) is 1. The molecule has 0 saturated heterocycles. The maximum atomic E-state index is 12.7. The van der Waals surface area contributed by atoms with Crippen molar-refractivity contribution in [1.29, 1.82) is 0 Å². The summed E-state index contributed by atoms with van der Waals surface area (Å²) in [7, 11) is 0. The number of pyridine rings is 1. The Kier molecular flexibility index (Phi) is 3.44. The second kappa shape index (κ2) is 5.25. The molecule has 1 amide bonds. The van der Waals surface area contributed by atoms with Crippen molar-refractivity contribution in [3.05, 3.63) is 52.3 Å². The van der Waals surface area contributed by atoms with Crippen LogP contribution in [0, 0.1) is 0 Å². The summed E-state index contributed by atoms with van der Waals surface area (Å²) in [6.07, 6.45) is 5.10. The molecular formula is C15H14BrN3O. The summed E-state index contributed by atoms with van der Waals surface area (Å²) in [5.41, 5.74) is 9.33. The van der Waals surface area contributed by atoms with E-state index in [0.29, 0.717) is 12.1 Å². The van der Waals surface area contributed by atoms with Gasteiger partial charge in [0.15, 0.2) is 0 Å². The molecule has 0 unspecified atom stereocenters. The van der Waals surface area contributed by atoms with Crippen molar-refractivity contribution in [2.24, 2.45) is 0 Å². The van der Waals surface area contributed by atoms with E-state index in [9.17, 15) is 4.79 Å². The third-order valence-corrected chi connectivity index (χ3v) is 3.92. The maximum absolute atomic E-state index is 12.7. The van der Waals surface area contributed by atoms with E-state index in [0.717, 1.165) is 34.3 Å². The van der Waals surface area contributed by atoms with E-state index in [1.165, 1.54) is 0 Å². The molecule has 0 spiro atoms. The Morgan fingerprint density at radius 2 is 2.20 bits per heavy atom. The summed E-state index contributed by atoms with van der Waals surface area (Å²) in [6.45, 7) is 0.710. The largest absolute Gasteiger partial charge is 0.398 e. The Morgan fingerprint density at radius 1 is 1.35 bits per heavy atom. The lowest BCUT2D eigenvalue weighted by Gasteiger charge is -2.30.